The molecule has 0 aliphatic rings. The Balaban J connectivity index is 2.89. The molecule has 0 amide bonds. The number of hydrogen-bond acceptors (Lipinski definition) is 6. The fraction of sp³-hybridized carbons (Fsp3) is 0.500. The second-order valence-electron chi connectivity index (χ2n) is 3.86. The highest BCUT2D eigenvalue weighted by Crippen LogP contribution is 2.20. The van der Waals surface area contributed by atoms with Gasteiger partial charge in [0, 0.05) is 26.4 Å². The fourth-order valence-electron chi connectivity index (χ4n) is 0.979. The molecule has 0 saturated carbocycles. The van der Waals surface area contributed by atoms with E-state index in [-0.39, 0.29) is 5.89 Å². The third-order valence-electron chi connectivity index (χ3n) is 1.95. The van der Waals surface area contributed by atoms with E-state index >= 15 is 0 Å². The first kappa shape index (κ1) is 12.4. The second-order valence-corrected chi connectivity index (χ2v) is 3.86. The highest BCUT2D eigenvalue weighted by atomic mass is 16.5. The molecule has 0 aliphatic carbocycles. The summed E-state index contributed by atoms with van der Waals surface area (Å²) in [5, 5.41) is 13.5. The molecule has 0 spiro atoms. The molecule has 1 unspecified atom stereocenters. The Morgan fingerprint density at radius 3 is 2.62 bits per heavy atom. The predicted octanol–water partition coefficient (Wildman–Crippen LogP) is 0.230. The molecule has 0 aromatic carbocycles. The van der Waals surface area contributed by atoms with Gasteiger partial charge in [-0.15, -0.1) is 0 Å². The molecule has 16 heavy (non-hydrogen) atoms. The topological polar surface area (TPSA) is 79.5 Å². The van der Waals surface area contributed by atoms with Crippen LogP contribution in [0.3, 0.4) is 0 Å². The van der Waals surface area contributed by atoms with Gasteiger partial charge in [0.05, 0.1) is 0 Å². The number of ketones is 1. The zero-order valence-electron chi connectivity index (χ0n) is 9.76. The molecule has 1 rings (SSSR count). The van der Waals surface area contributed by atoms with Gasteiger partial charge in [0.25, 0.3) is 5.89 Å². The van der Waals surface area contributed by atoms with Gasteiger partial charge in [0.1, 0.15) is 0 Å². The van der Waals surface area contributed by atoms with Gasteiger partial charge < -0.3 is 14.5 Å². The molecule has 1 atom stereocenters. The number of carbonyl (C=O) groups excluding carboxylic acids is 1. The summed E-state index contributed by atoms with van der Waals surface area (Å²) >= 11 is 0. The highest BCUT2D eigenvalue weighted by molar-refractivity contribution is 5.96. The highest BCUT2D eigenvalue weighted by Gasteiger charge is 2.36. The van der Waals surface area contributed by atoms with Crippen LogP contribution in [-0.2, 0) is 10.4 Å². The minimum Gasteiger partial charge on any atom is -0.383 e. The largest absolute Gasteiger partial charge is 0.383 e. The molecule has 0 saturated heterocycles. The van der Waals surface area contributed by atoms with Crippen molar-refractivity contribution in [2.75, 3.05) is 14.1 Å². The minimum atomic E-state index is -1.78. The van der Waals surface area contributed by atoms with Gasteiger partial charge in [-0.05, 0) is 13.8 Å². The van der Waals surface area contributed by atoms with Crippen LogP contribution in [0.4, 0.5) is 0 Å². The molecule has 6 nitrogen and oxygen atoms in total. The van der Waals surface area contributed by atoms with Crippen LogP contribution >= 0.6 is 0 Å². The molecule has 1 heterocycles. The zero-order valence-corrected chi connectivity index (χ0v) is 9.76. The van der Waals surface area contributed by atoms with Gasteiger partial charge in [0.2, 0.25) is 5.60 Å². The lowest BCUT2D eigenvalue weighted by molar-refractivity contribution is -0.133. The average molecular weight is 225 g/mol. The van der Waals surface area contributed by atoms with E-state index in [0.717, 1.165) is 0 Å². The monoisotopic (exact) mass is 225 g/mol. The first-order chi connectivity index (χ1) is 7.34. The van der Waals surface area contributed by atoms with Gasteiger partial charge in [-0.25, -0.2) is 0 Å². The van der Waals surface area contributed by atoms with Crippen LogP contribution in [0.5, 0.6) is 0 Å². The normalized spacial score (nSPS) is 15.1. The van der Waals surface area contributed by atoms with E-state index in [9.17, 15) is 9.90 Å². The number of aromatic nitrogens is 2. The van der Waals surface area contributed by atoms with Crippen LogP contribution in [0.2, 0.25) is 0 Å². The van der Waals surface area contributed by atoms with Crippen molar-refractivity contribution in [1.29, 1.82) is 0 Å². The molecule has 0 radical (unpaired) electrons. The SMILES string of the molecule is Cc1noc(C(C)(O)C(=O)/C=C/N(C)C)n1. The maximum Gasteiger partial charge on any atom is 0.266 e. The zero-order chi connectivity index (χ0) is 12.3. The lowest BCUT2D eigenvalue weighted by atomic mass is 10.0. The third kappa shape index (κ3) is 2.66. The maximum absolute atomic E-state index is 11.7. The first-order valence-electron chi connectivity index (χ1n) is 4.76. The minimum absolute atomic E-state index is 0.0987. The van der Waals surface area contributed by atoms with E-state index in [1.165, 1.54) is 13.0 Å². The number of nitrogens with zero attached hydrogens (tertiary/aromatic N) is 3. The fourth-order valence-corrected chi connectivity index (χ4v) is 0.979. The average Bonchev–Trinajstić information content (AvgIpc) is 2.61. The van der Waals surface area contributed by atoms with Crippen LogP contribution in [-0.4, -0.2) is 40.0 Å². The molecule has 0 bridgehead atoms. The lowest BCUT2D eigenvalue weighted by Gasteiger charge is -2.14. The van der Waals surface area contributed by atoms with E-state index in [0.29, 0.717) is 5.82 Å². The molecule has 1 N–H and O–H groups in total. The van der Waals surface area contributed by atoms with Crippen molar-refractivity contribution in [2.45, 2.75) is 19.4 Å². The van der Waals surface area contributed by atoms with Crippen molar-refractivity contribution >= 4 is 5.78 Å². The Kier molecular flexibility index (Phi) is 3.44. The van der Waals surface area contributed by atoms with Crippen LogP contribution in [0.15, 0.2) is 16.8 Å². The predicted molar refractivity (Wildman–Crippen MR) is 56.4 cm³/mol. The Morgan fingerprint density at radius 1 is 1.56 bits per heavy atom. The summed E-state index contributed by atoms with van der Waals surface area (Å²) in [5.74, 6) is -0.233. The summed E-state index contributed by atoms with van der Waals surface area (Å²) in [6.07, 6.45) is 2.81. The molecular formula is C10H15N3O3. The summed E-state index contributed by atoms with van der Waals surface area (Å²) in [4.78, 5) is 17.2. The van der Waals surface area contributed by atoms with E-state index in [1.54, 1.807) is 32.1 Å². The molecule has 1 aromatic heterocycles. The number of rotatable bonds is 4. The van der Waals surface area contributed by atoms with Crippen molar-refractivity contribution in [3.8, 4) is 0 Å². The van der Waals surface area contributed by atoms with E-state index in [2.05, 4.69) is 10.1 Å². The van der Waals surface area contributed by atoms with Crippen LogP contribution in [0.1, 0.15) is 18.6 Å². The van der Waals surface area contributed by atoms with Gasteiger partial charge in [-0.2, -0.15) is 4.98 Å². The number of carbonyl (C=O) groups is 1. The summed E-state index contributed by atoms with van der Waals surface area (Å²) in [7, 11) is 3.55. The summed E-state index contributed by atoms with van der Waals surface area (Å²) in [6.45, 7) is 2.94. The Hall–Kier alpha value is -1.69. The molecule has 1 aromatic rings. The van der Waals surface area contributed by atoms with Crippen LogP contribution in [0, 0.1) is 6.92 Å². The summed E-state index contributed by atoms with van der Waals surface area (Å²) in [5.41, 5.74) is -1.78. The maximum atomic E-state index is 11.7. The number of aryl methyl sites for hydroxylation is 1. The third-order valence-corrected chi connectivity index (χ3v) is 1.95. The molecule has 0 fully saturated rings. The number of hydrogen-bond donors (Lipinski definition) is 1. The van der Waals surface area contributed by atoms with Gasteiger partial charge in [0.15, 0.2) is 11.6 Å². The van der Waals surface area contributed by atoms with Crippen molar-refractivity contribution in [2.24, 2.45) is 0 Å². The summed E-state index contributed by atoms with van der Waals surface area (Å²) in [6, 6.07) is 0. The van der Waals surface area contributed by atoms with Crippen molar-refractivity contribution in [1.82, 2.24) is 15.0 Å². The van der Waals surface area contributed by atoms with Gasteiger partial charge >= 0.3 is 0 Å². The molecular weight excluding hydrogens is 210 g/mol. The standard InChI is InChI=1S/C10H15N3O3/c1-7-11-9(16-12-7)10(2,15)8(14)5-6-13(3)4/h5-6,15H,1-4H3/b6-5+. The first-order valence-corrected chi connectivity index (χ1v) is 4.76. The van der Waals surface area contributed by atoms with Crippen LogP contribution < -0.4 is 0 Å². The molecule has 88 valence electrons. The van der Waals surface area contributed by atoms with E-state index < -0.39 is 11.4 Å². The van der Waals surface area contributed by atoms with Crippen LogP contribution in [0.25, 0.3) is 0 Å². The van der Waals surface area contributed by atoms with Crippen molar-refractivity contribution in [3.05, 3.63) is 24.0 Å². The Morgan fingerprint density at radius 2 is 2.19 bits per heavy atom. The lowest BCUT2D eigenvalue weighted by Crippen LogP contribution is -2.31. The second kappa shape index (κ2) is 4.44. The Labute approximate surface area is 93.6 Å². The quantitative estimate of drug-likeness (QED) is 0.739. The summed E-state index contributed by atoms with van der Waals surface area (Å²) < 4.78 is 4.78. The smallest absolute Gasteiger partial charge is 0.266 e. The van der Waals surface area contributed by atoms with E-state index in [1.807, 2.05) is 0 Å². The van der Waals surface area contributed by atoms with E-state index in [4.69, 9.17) is 4.52 Å². The molecule has 0 aliphatic heterocycles. The number of aliphatic hydroxyl groups is 1. The van der Waals surface area contributed by atoms with Gasteiger partial charge in [-0.1, -0.05) is 5.16 Å². The van der Waals surface area contributed by atoms with Crippen molar-refractivity contribution in [3.63, 3.8) is 0 Å². The van der Waals surface area contributed by atoms with Crippen molar-refractivity contribution < 1.29 is 14.4 Å². The molecule has 6 heteroatoms. The van der Waals surface area contributed by atoms with Gasteiger partial charge in [-0.3, -0.25) is 4.79 Å². The Bertz CT molecular complexity index is 407.